The van der Waals surface area contributed by atoms with Crippen LogP contribution in [0.1, 0.15) is 17.5 Å². The van der Waals surface area contributed by atoms with Crippen LogP contribution in [0.15, 0.2) is 95.9 Å². The number of rotatable bonds is 10. The van der Waals surface area contributed by atoms with Gasteiger partial charge in [-0.15, -0.1) is 11.8 Å². The van der Waals surface area contributed by atoms with Crippen LogP contribution in [-0.4, -0.2) is 40.1 Å². The first-order valence-corrected chi connectivity index (χ1v) is 14.2. The van der Waals surface area contributed by atoms with Gasteiger partial charge < -0.3 is 24.0 Å². The van der Waals surface area contributed by atoms with Gasteiger partial charge in [-0.2, -0.15) is 0 Å². The number of methoxy groups -OCH3 is 1. The largest absolute Gasteiger partial charge is 0.497 e. The Kier molecular flexibility index (Phi) is 18.0. The van der Waals surface area contributed by atoms with Crippen molar-refractivity contribution < 1.29 is 27.8 Å². The molecule has 9 heteroatoms. The van der Waals surface area contributed by atoms with E-state index in [1.807, 2.05) is 93.3 Å². The fourth-order valence-corrected chi connectivity index (χ4v) is 4.48. The number of nitrogens with zero attached hydrogens (tertiary/aromatic N) is 1. The lowest BCUT2D eigenvalue weighted by Gasteiger charge is -2.21. The standard InChI is InChI=1S/C24H25F2NO2S.C7H7Cl.2CH2O/c1-27(23-16-19(25)8-13-22(23)26)17-18-6-3-4-7-24(18)29-14-5-15-30-21-11-9-20(28-2)10-12-21;1-6-2-4-7(8)5-3-6;2*1-2/h3-4,6-13,16H,5,14-15,17H2,1-2H3;2-5H,1H3;2*1H2. The zero-order valence-corrected chi connectivity index (χ0v) is 25.6. The highest BCUT2D eigenvalue weighted by atomic mass is 35.5. The molecule has 0 aliphatic heterocycles. The molecule has 0 amide bonds. The summed E-state index contributed by atoms with van der Waals surface area (Å²) in [6.45, 7) is 7.03. The maximum absolute atomic E-state index is 14.0. The highest BCUT2D eigenvalue weighted by molar-refractivity contribution is 7.99. The molecule has 42 heavy (non-hydrogen) atoms. The Morgan fingerprint density at radius 1 is 0.881 bits per heavy atom. The molecule has 224 valence electrons. The normalized spacial score (nSPS) is 9.57. The highest BCUT2D eigenvalue weighted by Gasteiger charge is 2.12. The molecule has 4 aromatic carbocycles. The minimum absolute atomic E-state index is 0.223. The van der Waals surface area contributed by atoms with Gasteiger partial charge in [0.25, 0.3) is 0 Å². The number of thioether (sulfide) groups is 1. The van der Waals surface area contributed by atoms with Crippen LogP contribution in [-0.2, 0) is 16.1 Å². The zero-order chi connectivity index (χ0) is 31.3. The first-order valence-electron chi connectivity index (χ1n) is 12.8. The summed E-state index contributed by atoms with van der Waals surface area (Å²) in [5.74, 6) is 1.63. The summed E-state index contributed by atoms with van der Waals surface area (Å²) in [5, 5.41) is 0.801. The summed E-state index contributed by atoms with van der Waals surface area (Å²) in [6.07, 6.45) is 0.888. The number of halogens is 3. The van der Waals surface area contributed by atoms with Crippen molar-refractivity contribution in [3.8, 4) is 11.5 Å². The number of benzene rings is 4. The van der Waals surface area contributed by atoms with E-state index < -0.39 is 11.6 Å². The molecule has 0 bridgehead atoms. The molecule has 0 saturated carbocycles. The van der Waals surface area contributed by atoms with Gasteiger partial charge in [0.1, 0.15) is 36.7 Å². The number of carbonyl (C=O) groups excluding carboxylic acids is 2. The summed E-state index contributed by atoms with van der Waals surface area (Å²) in [5.41, 5.74) is 2.39. The van der Waals surface area contributed by atoms with Crippen LogP contribution in [0.3, 0.4) is 0 Å². The predicted molar refractivity (Wildman–Crippen MR) is 169 cm³/mol. The van der Waals surface area contributed by atoms with Gasteiger partial charge in [0.05, 0.1) is 19.4 Å². The van der Waals surface area contributed by atoms with E-state index in [-0.39, 0.29) is 5.69 Å². The second-order valence-corrected chi connectivity index (χ2v) is 10.2. The molecule has 0 unspecified atom stereocenters. The fourth-order valence-electron chi connectivity index (χ4n) is 3.53. The van der Waals surface area contributed by atoms with E-state index in [1.165, 1.54) is 16.5 Å². The molecule has 0 saturated heterocycles. The smallest absolute Gasteiger partial charge is 0.146 e. The molecule has 0 N–H and O–H groups in total. The second kappa shape index (κ2) is 20.9. The van der Waals surface area contributed by atoms with Gasteiger partial charge in [0.15, 0.2) is 0 Å². The van der Waals surface area contributed by atoms with Crippen molar-refractivity contribution in [2.75, 3.05) is 31.4 Å². The van der Waals surface area contributed by atoms with Gasteiger partial charge in [-0.25, -0.2) is 8.78 Å². The van der Waals surface area contributed by atoms with Gasteiger partial charge in [-0.05, 0) is 67.9 Å². The maximum Gasteiger partial charge on any atom is 0.146 e. The van der Waals surface area contributed by atoms with Crippen molar-refractivity contribution in [2.24, 2.45) is 0 Å². The van der Waals surface area contributed by atoms with E-state index in [0.29, 0.717) is 13.2 Å². The number of carbonyl (C=O) groups is 2. The van der Waals surface area contributed by atoms with Gasteiger partial charge in [-0.1, -0.05) is 47.5 Å². The number of ether oxygens (including phenoxy) is 2. The van der Waals surface area contributed by atoms with E-state index in [4.69, 9.17) is 30.7 Å². The van der Waals surface area contributed by atoms with Gasteiger partial charge >= 0.3 is 0 Å². The summed E-state index contributed by atoms with van der Waals surface area (Å²) < 4.78 is 38.7. The molecule has 4 aromatic rings. The van der Waals surface area contributed by atoms with Crippen molar-refractivity contribution >= 4 is 42.6 Å². The molecular formula is C33H36ClF2NO4S. The molecule has 0 heterocycles. The average Bonchev–Trinajstić information content (AvgIpc) is 3.03. The van der Waals surface area contributed by atoms with Crippen LogP contribution in [0.2, 0.25) is 5.02 Å². The molecule has 5 nitrogen and oxygen atoms in total. The number of para-hydroxylation sites is 1. The molecule has 0 spiro atoms. The Morgan fingerprint density at radius 2 is 1.52 bits per heavy atom. The highest BCUT2D eigenvalue weighted by Crippen LogP contribution is 2.26. The molecule has 0 aliphatic rings. The van der Waals surface area contributed by atoms with Gasteiger partial charge in [0, 0.05) is 40.9 Å². The zero-order valence-electron chi connectivity index (χ0n) is 24.0. The third kappa shape index (κ3) is 13.2. The number of hydrogen-bond donors (Lipinski definition) is 0. The lowest BCUT2D eigenvalue weighted by molar-refractivity contribution is -0.0987. The SMILES string of the molecule is C=O.C=O.COc1ccc(SCCCOc2ccccc2CN(C)c2cc(F)ccc2F)cc1.Cc1ccc(Cl)cc1. The lowest BCUT2D eigenvalue weighted by Crippen LogP contribution is -2.18. The van der Waals surface area contributed by atoms with E-state index >= 15 is 0 Å². The van der Waals surface area contributed by atoms with E-state index in [0.717, 1.165) is 46.4 Å². The summed E-state index contributed by atoms with van der Waals surface area (Å²) in [4.78, 5) is 18.9. The summed E-state index contributed by atoms with van der Waals surface area (Å²) >= 11 is 7.38. The van der Waals surface area contributed by atoms with E-state index in [9.17, 15) is 8.78 Å². The minimum atomic E-state index is -0.461. The molecular weight excluding hydrogens is 580 g/mol. The van der Waals surface area contributed by atoms with Crippen LogP contribution in [0.25, 0.3) is 0 Å². The molecule has 0 aliphatic carbocycles. The second-order valence-electron chi connectivity index (χ2n) is 8.58. The van der Waals surface area contributed by atoms with E-state index in [2.05, 4.69) is 0 Å². The number of hydrogen-bond acceptors (Lipinski definition) is 6. The fraction of sp³-hybridized carbons (Fsp3) is 0.212. The quantitative estimate of drug-likeness (QED) is 0.132. The first-order chi connectivity index (χ1) is 20.4. The molecule has 0 atom stereocenters. The molecule has 4 rings (SSSR count). The van der Waals surface area contributed by atoms with Crippen molar-refractivity contribution in [3.05, 3.63) is 119 Å². The van der Waals surface area contributed by atoms with E-state index in [1.54, 1.807) is 30.8 Å². The van der Waals surface area contributed by atoms with Crippen LogP contribution in [0.4, 0.5) is 14.5 Å². The van der Waals surface area contributed by atoms with Crippen LogP contribution in [0.5, 0.6) is 11.5 Å². The van der Waals surface area contributed by atoms with Crippen LogP contribution < -0.4 is 14.4 Å². The third-order valence-corrected chi connectivity index (χ3v) is 6.94. The molecule has 0 aromatic heterocycles. The number of aryl methyl sites for hydroxylation is 1. The Labute approximate surface area is 256 Å². The summed E-state index contributed by atoms with van der Waals surface area (Å²) in [7, 11) is 3.39. The average molecular weight is 616 g/mol. The van der Waals surface area contributed by atoms with Crippen molar-refractivity contribution in [3.63, 3.8) is 0 Å². The molecule has 0 fully saturated rings. The minimum Gasteiger partial charge on any atom is -0.497 e. The van der Waals surface area contributed by atoms with Crippen molar-refractivity contribution in [2.45, 2.75) is 24.8 Å². The van der Waals surface area contributed by atoms with Crippen molar-refractivity contribution in [1.29, 1.82) is 0 Å². The lowest BCUT2D eigenvalue weighted by atomic mass is 10.1. The first kappa shape index (κ1) is 36.1. The predicted octanol–water partition coefficient (Wildman–Crippen LogP) is 8.45. The molecule has 0 radical (unpaired) electrons. The summed E-state index contributed by atoms with van der Waals surface area (Å²) in [6, 6.07) is 26.9. The van der Waals surface area contributed by atoms with Crippen molar-refractivity contribution in [1.82, 2.24) is 0 Å². The van der Waals surface area contributed by atoms with Gasteiger partial charge in [0.2, 0.25) is 0 Å². The maximum atomic E-state index is 14.0. The van der Waals surface area contributed by atoms with Crippen LogP contribution in [0, 0.1) is 18.6 Å². The monoisotopic (exact) mass is 615 g/mol. The topological polar surface area (TPSA) is 55.8 Å². The Balaban J connectivity index is 0.000000620. The third-order valence-electron chi connectivity index (χ3n) is 5.58. The number of anilines is 1. The Morgan fingerprint density at radius 3 is 2.14 bits per heavy atom. The Hall–Kier alpha value is -3.88. The Bertz CT molecular complexity index is 1290. The van der Waals surface area contributed by atoms with Crippen LogP contribution >= 0.6 is 23.4 Å². The van der Waals surface area contributed by atoms with Gasteiger partial charge in [-0.3, -0.25) is 0 Å².